The summed E-state index contributed by atoms with van der Waals surface area (Å²) < 4.78 is 33.3. The average molecular weight is 420 g/mol. The number of carbonyl (C=O) groups is 1. The van der Waals surface area contributed by atoms with Crippen LogP contribution in [0, 0.1) is 15.5 Å². The Hall–Kier alpha value is -3.39. The third-order valence-corrected chi connectivity index (χ3v) is 4.80. The van der Waals surface area contributed by atoms with E-state index in [9.17, 15) is 27.9 Å². The monoisotopic (exact) mass is 419 g/mol. The number of nitro groups is 1. The Morgan fingerprint density at radius 1 is 1.11 bits per heavy atom. The molecule has 3 aromatic rings. The zero-order valence-electron chi connectivity index (χ0n) is 13.9. The van der Waals surface area contributed by atoms with Crippen LogP contribution in [-0.2, 0) is 10.1 Å². The number of benzene rings is 3. The molecule has 0 bridgehead atoms. The van der Waals surface area contributed by atoms with Gasteiger partial charge in [0.05, 0.1) is 9.82 Å². The molecule has 3 aromatic carbocycles. The summed E-state index contributed by atoms with van der Waals surface area (Å²) in [5.41, 5.74) is -0.122. The van der Waals surface area contributed by atoms with Crippen molar-refractivity contribution in [1.82, 2.24) is 0 Å². The van der Waals surface area contributed by atoms with Gasteiger partial charge in [-0.05, 0) is 16.8 Å². The molecular formula is C17H10ClN3O6S. The van der Waals surface area contributed by atoms with E-state index in [2.05, 4.69) is 4.98 Å². The smallest absolute Gasteiger partial charge is 0.403 e. The summed E-state index contributed by atoms with van der Waals surface area (Å²) in [6.07, 6.45) is 0.372. The average Bonchev–Trinajstić information content (AvgIpc) is 2.66. The molecule has 3 rings (SSSR count). The van der Waals surface area contributed by atoms with Gasteiger partial charge in [-0.1, -0.05) is 41.9 Å². The number of diazo groups is 1. The lowest BCUT2D eigenvalue weighted by Gasteiger charge is -2.12. The van der Waals surface area contributed by atoms with E-state index in [0.29, 0.717) is 11.7 Å². The van der Waals surface area contributed by atoms with Crippen molar-refractivity contribution in [2.24, 2.45) is 0 Å². The van der Waals surface area contributed by atoms with Crippen LogP contribution in [0.4, 0.5) is 11.4 Å². The third-order valence-electron chi connectivity index (χ3n) is 3.54. The highest BCUT2D eigenvalue weighted by molar-refractivity contribution is 7.86. The van der Waals surface area contributed by atoms with Crippen molar-refractivity contribution in [3.63, 3.8) is 0 Å². The molecule has 0 fully saturated rings. The van der Waals surface area contributed by atoms with E-state index in [0.717, 1.165) is 6.07 Å². The van der Waals surface area contributed by atoms with Crippen LogP contribution in [0.5, 0.6) is 0 Å². The number of halogens is 1. The number of carbonyl (C=O) groups excluding carboxylic acids is 1. The summed E-state index contributed by atoms with van der Waals surface area (Å²) in [4.78, 5) is 22.7. The molecule has 0 heterocycles. The van der Waals surface area contributed by atoms with Gasteiger partial charge in [0.1, 0.15) is 15.1 Å². The molecule has 0 unspecified atom stereocenters. The van der Waals surface area contributed by atoms with Crippen LogP contribution in [0.15, 0.2) is 59.5 Å². The van der Waals surface area contributed by atoms with Crippen molar-refractivity contribution in [2.45, 2.75) is 4.90 Å². The predicted octanol–water partition coefficient (Wildman–Crippen LogP) is 4.29. The molecule has 0 aliphatic heterocycles. The Kier molecular flexibility index (Phi) is 6.37. The summed E-state index contributed by atoms with van der Waals surface area (Å²) >= 11 is 5.52. The van der Waals surface area contributed by atoms with Crippen molar-refractivity contribution in [1.29, 1.82) is 5.39 Å². The summed E-state index contributed by atoms with van der Waals surface area (Å²) in [5.74, 6) is 0. The highest BCUT2D eigenvalue weighted by Crippen LogP contribution is 2.28. The lowest BCUT2D eigenvalue weighted by Crippen LogP contribution is -2.04. The lowest BCUT2D eigenvalue weighted by molar-refractivity contribution is -0.384. The first kappa shape index (κ1) is 20.9. The molecule has 0 aliphatic carbocycles. The number of aldehydes is 1. The van der Waals surface area contributed by atoms with Gasteiger partial charge in [0.2, 0.25) is 5.39 Å². The molecule has 11 heteroatoms. The third kappa shape index (κ3) is 4.66. The first-order valence-electron chi connectivity index (χ1n) is 7.41. The summed E-state index contributed by atoms with van der Waals surface area (Å²) in [7, 11) is -4.65. The van der Waals surface area contributed by atoms with Crippen molar-refractivity contribution >= 4 is 50.2 Å². The second-order valence-electron chi connectivity index (χ2n) is 5.27. The van der Waals surface area contributed by atoms with Gasteiger partial charge < -0.3 is 4.55 Å². The van der Waals surface area contributed by atoms with Gasteiger partial charge in [-0.15, -0.1) is 0 Å². The van der Waals surface area contributed by atoms with Gasteiger partial charge in [-0.3, -0.25) is 14.9 Å². The predicted molar refractivity (Wildman–Crippen MR) is 100 cm³/mol. The second kappa shape index (κ2) is 8.53. The van der Waals surface area contributed by atoms with Crippen LogP contribution in [0.3, 0.4) is 0 Å². The molecule has 28 heavy (non-hydrogen) atoms. The minimum Gasteiger partial charge on any atom is -0.744 e. The highest BCUT2D eigenvalue weighted by Gasteiger charge is 2.16. The van der Waals surface area contributed by atoms with Crippen molar-refractivity contribution in [3.05, 3.63) is 80.3 Å². The van der Waals surface area contributed by atoms with E-state index in [1.807, 2.05) is 0 Å². The largest absolute Gasteiger partial charge is 0.744 e. The van der Waals surface area contributed by atoms with E-state index in [1.54, 1.807) is 24.3 Å². The van der Waals surface area contributed by atoms with E-state index in [4.69, 9.17) is 17.0 Å². The number of rotatable bonds is 3. The number of hydrogen-bond donors (Lipinski definition) is 0. The Balaban J connectivity index is 0.000000209. The standard InChI is InChI=1S/C11H8O4S.C6H3ClN3O2/c12-7-9-6-5-8-3-1-2-4-10(8)11(9)16(13,14)15;7-5-3-4(10(11)12)1-2-6(5)9-8/h1-7H,(H,13,14,15);1-3H/q;+1/p-1. The zero-order valence-corrected chi connectivity index (χ0v) is 15.4. The zero-order chi connectivity index (χ0) is 20.9. The van der Waals surface area contributed by atoms with Gasteiger partial charge in [-0.2, -0.15) is 0 Å². The minimum atomic E-state index is -4.65. The SMILES string of the molecule is N#[N+]c1ccc([N+](=O)[O-])cc1Cl.O=Cc1ccc2ccccc2c1S(=O)(=O)[O-]. The first-order valence-corrected chi connectivity index (χ1v) is 9.19. The first-order chi connectivity index (χ1) is 13.2. The number of fused-ring (bicyclic) bond motifs is 1. The van der Waals surface area contributed by atoms with E-state index < -0.39 is 19.9 Å². The highest BCUT2D eigenvalue weighted by atomic mass is 35.5. The normalized spacial score (nSPS) is 10.5. The molecule has 142 valence electrons. The van der Waals surface area contributed by atoms with Gasteiger partial charge >= 0.3 is 5.69 Å². The van der Waals surface area contributed by atoms with Crippen LogP contribution < -0.4 is 0 Å². The molecule has 0 aliphatic rings. The Labute approximate surface area is 163 Å². The maximum atomic E-state index is 11.1. The van der Waals surface area contributed by atoms with Gasteiger partial charge in [0, 0.05) is 23.8 Å². The molecule has 0 saturated heterocycles. The summed E-state index contributed by atoms with van der Waals surface area (Å²) in [5, 5.41) is 19.5. The number of hydrogen-bond acceptors (Lipinski definition) is 7. The lowest BCUT2D eigenvalue weighted by atomic mass is 10.1. The molecular weight excluding hydrogens is 410 g/mol. The molecule has 0 atom stereocenters. The van der Waals surface area contributed by atoms with Crippen LogP contribution in [-0.4, -0.2) is 24.2 Å². The van der Waals surface area contributed by atoms with Crippen LogP contribution in [0.2, 0.25) is 5.02 Å². The van der Waals surface area contributed by atoms with Crippen LogP contribution in [0.25, 0.3) is 15.7 Å². The number of nitro benzene ring substituents is 1. The van der Waals surface area contributed by atoms with Crippen molar-refractivity contribution in [2.75, 3.05) is 0 Å². The van der Waals surface area contributed by atoms with E-state index in [-0.39, 0.29) is 27.3 Å². The minimum absolute atomic E-state index is 0.0479. The maximum Gasteiger partial charge on any atom is 0.403 e. The summed E-state index contributed by atoms with van der Waals surface area (Å²) in [6.45, 7) is 0. The number of non-ortho nitro benzene ring substituents is 1. The quantitative estimate of drug-likeness (QED) is 0.202. The topological polar surface area (TPSA) is 146 Å². The Morgan fingerprint density at radius 3 is 2.32 bits per heavy atom. The van der Waals surface area contributed by atoms with Crippen LogP contribution >= 0.6 is 11.6 Å². The van der Waals surface area contributed by atoms with Crippen LogP contribution in [0.1, 0.15) is 10.4 Å². The molecule has 0 saturated carbocycles. The number of nitrogens with zero attached hydrogens (tertiary/aromatic N) is 3. The molecule has 0 N–H and O–H groups in total. The summed E-state index contributed by atoms with van der Waals surface area (Å²) in [6, 6.07) is 13.1. The fraction of sp³-hybridized carbons (Fsp3) is 0. The molecule has 9 nitrogen and oxygen atoms in total. The van der Waals surface area contributed by atoms with E-state index in [1.165, 1.54) is 24.3 Å². The fourth-order valence-electron chi connectivity index (χ4n) is 2.32. The Bertz CT molecular complexity index is 1220. The Morgan fingerprint density at radius 2 is 1.79 bits per heavy atom. The van der Waals surface area contributed by atoms with Gasteiger partial charge in [-0.25, -0.2) is 8.42 Å². The molecule has 0 amide bonds. The second-order valence-corrected chi connectivity index (χ2v) is 6.99. The van der Waals surface area contributed by atoms with E-state index >= 15 is 0 Å². The van der Waals surface area contributed by atoms with Gasteiger partial charge in [0.25, 0.3) is 5.69 Å². The maximum absolute atomic E-state index is 11.1. The molecule has 0 radical (unpaired) electrons. The molecule has 0 spiro atoms. The van der Waals surface area contributed by atoms with Crippen molar-refractivity contribution in [3.8, 4) is 0 Å². The fourth-order valence-corrected chi connectivity index (χ4v) is 3.39. The van der Waals surface area contributed by atoms with Crippen molar-refractivity contribution < 1.29 is 22.7 Å². The molecule has 0 aromatic heterocycles. The van der Waals surface area contributed by atoms with Gasteiger partial charge in [0.15, 0.2) is 11.3 Å².